The molecule has 38 heavy (non-hydrogen) atoms. The lowest BCUT2D eigenvalue weighted by Gasteiger charge is -2.56. The molecule has 5 nitrogen and oxygen atoms in total. The number of Topliss-reactive ketones (excluding diaryl/α,β-unsaturated/α-hetero) is 1. The number of nitrogens with zero attached hydrogens (tertiary/aromatic N) is 1. The highest BCUT2D eigenvalue weighted by atomic mass is 35.5. The standard InChI is InChI=1S/C31H39Cl2NO4/c1-30-11-9-23(38-28(37)17-20-3-5-22(6-4-20)34(15-13-32)16-14-33)18-21(30)19-26(35)29-24-7-8-27(36)31(24,2)12-10-25(29)30/h3-6,19,23-25,29H,7-18H2,1-2H3/t23-,24?,25?,29?,30-,31-/m0/s1. The van der Waals surface area contributed by atoms with E-state index in [1.807, 2.05) is 30.3 Å². The molecule has 5 rings (SSSR count). The number of ether oxygens (including phenoxy) is 1. The van der Waals surface area contributed by atoms with Gasteiger partial charge in [0.25, 0.3) is 0 Å². The van der Waals surface area contributed by atoms with E-state index in [1.165, 1.54) is 0 Å². The predicted molar refractivity (Wildman–Crippen MR) is 151 cm³/mol. The van der Waals surface area contributed by atoms with Crippen LogP contribution in [0.3, 0.4) is 0 Å². The molecule has 0 aromatic heterocycles. The summed E-state index contributed by atoms with van der Waals surface area (Å²) in [7, 11) is 0. The van der Waals surface area contributed by atoms with Crippen LogP contribution in [0, 0.1) is 28.6 Å². The number of ketones is 2. The minimum atomic E-state index is -0.323. The molecule has 0 spiro atoms. The number of halogens is 2. The predicted octanol–water partition coefficient (Wildman–Crippen LogP) is 6.14. The fourth-order valence-electron chi connectivity index (χ4n) is 8.04. The van der Waals surface area contributed by atoms with Gasteiger partial charge in [-0.25, -0.2) is 0 Å². The van der Waals surface area contributed by atoms with Crippen LogP contribution in [0.1, 0.15) is 64.4 Å². The maximum absolute atomic E-state index is 13.4. The number of carbonyl (C=O) groups excluding carboxylic acids is 3. The van der Waals surface area contributed by atoms with E-state index >= 15 is 0 Å². The van der Waals surface area contributed by atoms with E-state index in [-0.39, 0.29) is 52.9 Å². The van der Waals surface area contributed by atoms with Crippen LogP contribution in [-0.2, 0) is 25.5 Å². The number of allylic oxidation sites excluding steroid dienone is 1. The van der Waals surface area contributed by atoms with E-state index in [0.29, 0.717) is 43.5 Å². The highest BCUT2D eigenvalue weighted by molar-refractivity contribution is 6.18. The molecule has 3 unspecified atom stereocenters. The van der Waals surface area contributed by atoms with Crippen molar-refractivity contribution in [1.82, 2.24) is 0 Å². The molecule has 6 atom stereocenters. The second-order valence-electron chi connectivity index (χ2n) is 12.2. The molecule has 0 bridgehead atoms. The normalized spacial score (nSPS) is 34.2. The van der Waals surface area contributed by atoms with Crippen molar-refractivity contribution in [3.63, 3.8) is 0 Å². The molecule has 4 aliphatic rings. The van der Waals surface area contributed by atoms with Crippen LogP contribution in [0.2, 0.25) is 0 Å². The molecule has 0 N–H and O–H groups in total. The minimum absolute atomic E-state index is 0.0409. The fourth-order valence-corrected chi connectivity index (χ4v) is 8.44. The van der Waals surface area contributed by atoms with E-state index in [4.69, 9.17) is 27.9 Å². The quantitative estimate of drug-likeness (QED) is 0.283. The van der Waals surface area contributed by atoms with Gasteiger partial charge in [-0.2, -0.15) is 0 Å². The SMILES string of the molecule is C[C@]12CC[C@H](OC(=O)Cc3ccc(N(CCCl)CCCl)cc3)CC1=CC(=O)C1C2CC[C@]2(C)C(=O)CCC12. The molecule has 4 aliphatic carbocycles. The Morgan fingerprint density at radius 1 is 0.974 bits per heavy atom. The van der Waals surface area contributed by atoms with Crippen LogP contribution in [0.25, 0.3) is 0 Å². The van der Waals surface area contributed by atoms with Gasteiger partial charge in [-0.05, 0) is 73.1 Å². The van der Waals surface area contributed by atoms with Crippen molar-refractivity contribution < 1.29 is 19.1 Å². The fraction of sp³-hybridized carbons (Fsp3) is 0.645. The van der Waals surface area contributed by atoms with Gasteiger partial charge in [0.15, 0.2) is 5.78 Å². The first-order valence-corrected chi connectivity index (χ1v) is 15.2. The highest BCUT2D eigenvalue weighted by Gasteiger charge is 2.61. The molecule has 0 amide bonds. The largest absolute Gasteiger partial charge is 0.462 e. The van der Waals surface area contributed by atoms with Gasteiger partial charge in [-0.1, -0.05) is 31.6 Å². The molecule has 3 fully saturated rings. The third kappa shape index (κ3) is 4.94. The number of benzene rings is 1. The van der Waals surface area contributed by atoms with Crippen LogP contribution in [0.15, 0.2) is 35.9 Å². The molecule has 3 saturated carbocycles. The summed E-state index contributed by atoms with van der Waals surface area (Å²) in [6.45, 7) is 5.83. The molecule has 0 heterocycles. The lowest BCUT2D eigenvalue weighted by molar-refractivity contribution is -0.151. The number of carbonyl (C=O) groups is 3. The van der Waals surface area contributed by atoms with Crippen LogP contribution < -0.4 is 4.90 Å². The average Bonchev–Trinajstić information content (AvgIpc) is 3.19. The van der Waals surface area contributed by atoms with E-state index in [9.17, 15) is 14.4 Å². The Kier molecular flexibility index (Phi) is 7.99. The third-order valence-electron chi connectivity index (χ3n) is 10.3. The van der Waals surface area contributed by atoms with Gasteiger partial charge in [0.1, 0.15) is 11.9 Å². The van der Waals surface area contributed by atoms with Crippen molar-refractivity contribution in [3.8, 4) is 0 Å². The summed E-state index contributed by atoms with van der Waals surface area (Å²) in [6, 6.07) is 7.90. The molecular formula is C31H39Cl2NO4. The van der Waals surface area contributed by atoms with Crippen LogP contribution in [0.5, 0.6) is 0 Å². The molecule has 0 saturated heterocycles. The Bertz CT molecular complexity index is 1110. The number of alkyl halides is 2. The Labute approximate surface area is 236 Å². The molecule has 0 aliphatic heterocycles. The van der Waals surface area contributed by atoms with Gasteiger partial charge >= 0.3 is 5.97 Å². The smallest absolute Gasteiger partial charge is 0.310 e. The molecular weight excluding hydrogens is 521 g/mol. The Morgan fingerprint density at radius 3 is 2.32 bits per heavy atom. The number of hydrogen-bond donors (Lipinski definition) is 0. The molecule has 1 aromatic carbocycles. The van der Waals surface area contributed by atoms with Gasteiger partial charge in [0.2, 0.25) is 0 Å². The summed E-state index contributed by atoms with van der Waals surface area (Å²) in [6.07, 6.45) is 7.51. The van der Waals surface area contributed by atoms with Crippen LogP contribution in [-0.4, -0.2) is 48.5 Å². The summed E-state index contributed by atoms with van der Waals surface area (Å²) in [5.74, 6) is 1.77. The Hall–Kier alpha value is -1.85. The van der Waals surface area contributed by atoms with Gasteiger partial charge in [0, 0.05) is 54.7 Å². The van der Waals surface area contributed by atoms with E-state index in [1.54, 1.807) is 0 Å². The van der Waals surface area contributed by atoms with Crippen molar-refractivity contribution >= 4 is 46.4 Å². The monoisotopic (exact) mass is 559 g/mol. The van der Waals surface area contributed by atoms with Crippen molar-refractivity contribution in [2.24, 2.45) is 28.6 Å². The number of anilines is 1. The van der Waals surface area contributed by atoms with Crippen molar-refractivity contribution in [2.45, 2.75) is 71.3 Å². The van der Waals surface area contributed by atoms with E-state index < -0.39 is 0 Å². The average molecular weight is 561 g/mol. The maximum Gasteiger partial charge on any atom is 0.310 e. The summed E-state index contributed by atoms with van der Waals surface area (Å²) >= 11 is 11.8. The van der Waals surface area contributed by atoms with Gasteiger partial charge in [-0.3, -0.25) is 14.4 Å². The van der Waals surface area contributed by atoms with E-state index in [2.05, 4.69) is 18.7 Å². The number of esters is 1. The Balaban J connectivity index is 1.22. The Morgan fingerprint density at radius 2 is 1.63 bits per heavy atom. The molecule has 0 radical (unpaired) electrons. The first-order valence-electron chi connectivity index (χ1n) is 14.1. The van der Waals surface area contributed by atoms with Crippen molar-refractivity contribution in [2.75, 3.05) is 29.7 Å². The van der Waals surface area contributed by atoms with Crippen LogP contribution in [0.4, 0.5) is 5.69 Å². The second kappa shape index (κ2) is 11.0. The zero-order chi connectivity index (χ0) is 27.1. The van der Waals surface area contributed by atoms with E-state index in [0.717, 1.165) is 48.9 Å². The summed E-state index contributed by atoms with van der Waals surface area (Å²) in [5, 5.41) is 0. The lowest BCUT2D eigenvalue weighted by Crippen LogP contribution is -2.53. The zero-order valence-electron chi connectivity index (χ0n) is 22.5. The van der Waals surface area contributed by atoms with Gasteiger partial charge in [0.05, 0.1) is 6.42 Å². The lowest BCUT2D eigenvalue weighted by atomic mass is 9.48. The number of hydrogen-bond acceptors (Lipinski definition) is 5. The number of rotatable bonds is 8. The van der Waals surface area contributed by atoms with Crippen molar-refractivity contribution in [3.05, 3.63) is 41.5 Å². The van der Waals surface area contributed by atoms with Gasteiger partial charge in [-0.15, -0.1) is 23.2 Å². The summed E-state index contributed by atoms with van der Waals surface area (Å²) in [4.78, 5) is 41.1. The van der Waals surface area contributed by atoms with Crippen molar-refractivity contribution in [1.29, 1.82) is 0 Å². The molecule has 1 aromatic rings. The molecule has 206 valence electrons. The highest BCUT2D eigenvalue weighted by Crippen LogP contribution is 2.63. The topological polar surface area (TPSA) is 63.7 Å². The third-order valence-corrected chi connectivity index (χ3v) is 10.6. The number of fused-ring (bicyclic) bond motifs is 5. The van der Waals surface area contributed by atoms with Gasteiger partial charge < -0.3 is 9.64 Å². The van der Waals surface area contributed by atoms with Crippen LogP contribution >= 0.6 is 23.2 Å². The first kappa shape index (κ1) is 27.7. The molecule has 7 heteroatoms. The first-order chi connectivity index (χ1) is 18.2. The second-order valence-corrected chi connectivity index (χ2v) is 13.0. The minimum Gasteiger partial charge on any atom is -0.462 e. The zero-order valence-corrected chi connectivity index (χ0v) is 24.0. The maximum atomic E-state index is 13.4. The summed E-state index contributed by atoms with van der Waals surface area (Å²) < 4.78 is 5.93. The summed E-state index contributed by atoms with van der Waals surface area (Å²) in [5.41, 5.74) is 2.70.